The molecule has 0 N–H and O–H groups in total. The van der Waals surface area contributed by atoms with Crippen LogP contribution in [-0.4, -0.2) is 17.9 Å². The summed E-state index contributed by atoms with van der Waals surface area (Å²) in [5, 5.41) is 0. The second-order valence-electron chi connectivity index (χ2n) is 5.61. The van der Waals surface area contributed by atoms with Crippen molar-refractivity contribution in [2.75, 3.05) is 7.05 Å². The van der Waals surface area contributed by atoms with E-state index in [0.717, 1.165) is 13.0 Å². The van der Waals surface area contributed by atoms with E-state index >= 15 is 0 Å². The second kappa shape index (κ2) is 10.5. The zero-order chi connectivity index (χ0) is 14.6. The number of carbonyl (C=O) groups is 1. The quantitative estimate of drug-likeness (QED) is 0.562. The molecule has 0 aliphatic carbocycles. The standard InChI is InChI=1S/C18H29NO/c1-3-4-5-6-7-8-12-15-18(20)19(2)16-17-13-10-9-11-14-17/h9-11,13-14H,3-8,12,15-16H2,1-2H3. The number of amides is 1. The van der Waals surface area contributed by atoms with Gasteiger partial charge in [-0.1, -0.05) is 75.8 Å². The average Bonchev–Trinajstić information content (AvgIpc) is 2.47. The highest BCUT2D eigenvalue weighted by atomic mass is 16.2. The molecule has 0 radical (unpaired) electrons. The van der Waals surface area contributed by atoms with Crippen LogP contribution in [0, 0.1) is 0 Å². The van der Waals surface area contributed by atoms with Crippen molar-refractivity contribution >= 4 is 5.91 Å². The topological polar surface area (TPSA) is 20.3 Å². The van der Waals surface area contributed by atoms with E-state index in [-0.39, 0.29) is 5.91 Å². The average molecular weight is 275 g/mol. The van der Waals surface area contributed by atoms with Crippen LogP contribution in [-0.2, 0) is 11.3 Å². The summed E-state index contributed by atoms with van der Waals surface area (Å²) in [4.78, 5) is 13.8. The number of benzene rings is 1. The van der Waals surface area contributed by atoms with Gasteiger partial charge < -0.3 is 4.90 Å². The Bertz CT molecular complexity index is 361. The largest absolute Gasteiger partial charge is 0.341 e. The van der Waals surface area contributed by atoms with Crippen LogP contribution >= 0.6 is 0 Å². The molecule has 1 rings (SSSR count). The van der Waals surface area contributed by atoms with Gasteiger partial charge >= 0.3 is 0 Å². The SMILES string of the molecule is CCCCCCCCCC(=O)N(C)Cc1ccccc1. The maximum absolute atomic E-state index is 12.0. The fraction of sp³-hybridized carbons (Fsp3) is 0.611. The van der Waals surface area contributed by atoms with Crippen molar-refractivity contribution in [3.8, 4) is 0 Å². The molecule has 1 aromatic rings. The first-order valence-corrected chi connectivity index (χ1v) is 8.02. The van der Waals surface area contributed by atoms with Crippen molar-refractivity contribution in [2.45, 2.75) is 64.8 Å². The van der Waals surface area contributed by atoms with E-state index in [1.165, 1.54) is 44.1 Å². The van der Waals surface area contributed by atoms with E-state index in [9.17, 15) is 4.79 Å². The Labute approximate surface area is 124 Å². The highest BCUT2D eigenvalue weighted by Crippen LogP contribution is 2.10. The normalized spacial score (nSPS) is 10.5. The van der Waals surface area contributed by atoms with E-state index < -0.39 is 0 Å². The Morgan fingerprint density at radius 3 is 2.20 bits per heavy atom. The predicted octanol–water partition coefficient (Wildman–Crippen LogP) is 4.79. The lowest BCUT2D eigenvalue weighted by atomic mass is 10.1. The maximum Gasteiger partial charge on any atom is 0.222 e. The molecule has 0 aromatic heterocycles. The smallest absolute Gasteiger partial charge is 0.222 e. The van der Waals surface area contributed by atoms with E-state index in [4.69, 9.17) is 0 Å². The third-order valence-corrected chi connectivity index (χ3v) is 3.68. The first-order chi connectivity index (χ1) is 9.74. The van der Waals surface area contributed by atoms with Crippen LogP contribution in [0.4, 0.5) is 0 Å². The van der Waals surface area contributed by atoms with E-state index in [1.54, 1.807) is 0 Å². The van der Waals surface area contributed by atoms with Gasteiger partial charge in [0.05, 0.1) is 0 Å². The number of nitrogens with zero attached hydrogens (tertiary/aromatic N) is 1. The summed E-state index contributed by atoms with van der Waals surface area (Å²) in [5.41, 5.74) is 1.20. The minimum Gasteiger partial charge on any atom is -0.341 e. The highest BCUT2D eigenvalue weighted by molar-refractivity contribution is 5.75. The van der Waals surface area contributed by atoms with Gasteiger partial charge in [0.15, 0.2) is 0 Å². The number of rotatable bonds is 10. The summed E-state index contributed by atoms with van der Waals surface area (Å²) < 4.78 is 0. The molecule has 2 nitrogen and oxygen atoms in total. The van der Waals surface area contributed by atoms with E-state index in [2.05, 4.69) is 19.1 Å². The molecule has 1 amide bonds. The minimum atomic E-state index is 0.266. The summed E-state index contributed by atoms with van der Waals surface area (Å²) in [6.45, 7) is 2.96. The Balaban J connectivity index is 2.10. The molecule has 0 aliphatic heterocycles. The molecule has 0 atom stereocenters. The minimum absolute atomic E-state index is 0.266. The van der Waals surface area contributed by atoms with Gasteiger partial charge in [0, 0.05) is 20.0 Å². The molecule has 0 saturated carbocycles. The molecule has 0 saturated heterocycles. The summed E-state index contributed by atoms with van der Waals surface area (Å²) in [5.74, 6) is 0.266. The lowest BCUT2D eigenvalue weighted by Gasteiger charge is -2.17. The molecule has 1 aromatic carbocycles. The van der Waals surface area contributed by atoms with Gasteiger partial charge in [0.25, 0.3) is 0 Å². The molecule has 0 spiro atoms. The Morgan fingerprint density at radius 2 is 1.55 bits per heavy atom. The monoisotopic (exact) mass is 275 g/mol. The van der Waals surface area contributed by atoms with Gasteiger partial charge in [-0.3, -0.25) is 4.79 Å². The molecular formula is C18H29NO. The van der Waals surface area contributed by atoms with Gasteiger partial charge in [0.2, 0.25) is 5.91 Å². The van der Waals surface area contributed by atoms with Gasteiger partial charge in [0.1, 0.15) is 0 Å². The fourth-order valence-electron chi connectivity index (χ4n) is 2.37. The van der Waals surface area contributed by atoms with Crippen LogP contribution in [0.3, 0.4) is 0 Å². The van der Waals surface area contributed by atoms with Crippen molar-refractivity contribution in [1.82, 2.24) is 4.90 Å². The van der Waals surface area contributed by atoms with Crippen LogP contribution in [0.2, 0.25) is 0 Å². The third kappa shape index (κ3) is 7.32. The molecule has 0 heterocycles. The summed E-state index contributed by atoms with van der Waals surface area (Å²) >= 11 is 0. The van der Waals surface area contributed by atoms with Crippen molar-refractivity contribution in [3.05, 3.63) is 35.9 Å². The molecule has 2 heteroatoms. The van der Waals surface area contributed by atoms with Crippen molar-refractivity contribution in [3.63, 3.8) is 0 Å². The Hall–Kier alpha value is -1.31. The van der Waals surface area contributed by atoms with Gasteiger partial charge in [-0.2, -0.15) is 0 Å². The predicted molar refractivity (Wildman–Crippen MR) is 85.5 cm³/mol. The molecule has 20 heavy (non-hydrogen) atoms. The van der Waals surface area contributed by atoms with Crippen LogP contribution in [0.15, 0.2) is 30.3 Å². The summed E-state index contributed by atoms with van der Waals surface area (Å²) in [6.07, 6.45) is 9.49. The zero-order valence-corrected chi connectivity index (χ0v) is 13.1. The first-order valence-electron chi connectivity index (χ1n) is 8.02. The highest BCUT2D eigenvalue weighted by Gasteiger charge is 2.08. The molecule has 112 valence electrons. The van der Waals surface area contributed by atoms with Crippen molar-refractivity contribution in [1.29, 1.82) is 0 Å². The first kappa shape index (κ1) is 16.7. The Morgan fingerprint density at radius 1 is 0.950 bits per heavy atom. The number of hydrogen-bond donors (Lipinski definition) is 0. The van der Waals surface area contributed by atoms with Crippen LogP contribution in [0.25, 0.3) is 0 Å². The molecule has 0 aliphatic rings. The number of carbonyl (C=O) groups excluding carboxylic acids is 1. The summed E-state index contributed by atoms with van der Waals surface area (Å²) in [6, 6.07) is 10.2. The second-order valence-corrected chi connectivity index (χ2v) is 5.61. The third-order valence-electron chi connectivity index (χ3n) is 3.68. The fourth-order valence-corrected chi connectivity index (χ4v) is 2.37. The van der Waals surface area contributed by atoms with Crippen LogP contribution in [0.5, 0.6) is 0 Å². The molecule has 0 bridgehead atoms. The Kier molecular flexibility index (Phi) is 8.77. The number of hydrogen-bond acceptors (Lipinski definition) is 1. The van der Waals surface area contributed by atoms with Crippen molar-refractivity contribution in [2.24, 2.45) is 0 Å². The lowest BCUT2D eigenvalue weighted by molar-refractivity contribution is -0.130. The summed E-state index contributed by atoms with van der Waals surface area (Å²) in [7, 11) is 1.90. The van der Waals surface area contributed by atoms with Crippen LogP contribution in [0.1, 0.15) is 63.9 Å². The molecular weight excluding hydrogens is 246 g/mol. The maximum atomic E-state index is 12.0. The van der Waals surface area contributed by atoms with E-state index in [0.29, 0.717) is 6.42 Å². The number of unbranched alkanes of at least 4 members (excludes halogenated alkanes) is 6. The van der Waals surface area contributed by atoms with Gasteiger partial charge in [-0.15, -0.1) is 0 Å². The van der Waals surface area contributed by atoms with Crippen LogP contribution < -0.4 is 0 Å². The molecule has 0 unspecified atom stereocenters. The van der Waals surface area contributed by atoms with Gasteiger partial charge in [-0.05, 0) is 12.0 Å². The molecule has 0 fully saturated rings. The van der Waals surface area contributed by atoms with Gasteiger partial charge in [-0.25, -0.2) is 0 Å². The van der Waals surface area contributed by atoms with E-state index in [1.807, 2.05) is 30.1 Å². The van der Waals surface area contributed by atoms with Crippen molar-refractivity contribution < 1.29 is 4.79 Å². The lowest BCUT2D eigenvalue weighted by Crippen LogP contribution is -2.25. The zero-order valence-electron chi connectivity index (χ0n) is 13.1.